The molecule has 2 aliphatic heterocycles. The van der Waals surface area contributed by atoms with E-state index in [2.05, 4.69) is 31.9 Å². The second kappa shape index (κ2) is 7.19. The summed E-state index contributed by atoms with van der Waals surface area (Å²) >= 11 is 0. The van der Waals surface area contributed by atoms with Gasteiger partial charge in [0.1, 0.15) is 12.1 Å². The lowest BCUT2D eigenvalue weighted by atomic mass is 9.70. The van der Waals surface area contributed by atoms with Crippen LogP contribution in [-0.2, 0) is 0 Å². The van der Waals surface area contributed by atoms with Crippen molar-refractivity contribution in [1.82, 2.24) is 19.9 Å². The third-order valence-electron chi connectivity index (χ3n) is 7.24. The first-order valence-corrected chi connectivity index (χ1v) is 10.5. The van der Waals surface area contributed by atoms with E-state index in [-0.39, 0.29) is 0 Å². The Morgan fingerprint density at radius 2 is 1.52 bits per heavy atom. The Bertz CT molecular complexity index is 738. The lowest BCUT2D eigenvalue weighted by Gasteiger charge is -2.50. The van der Waals surface area contributed by atoms with Gasteiger partial charge in [-0.3, -0.25) is 0 Å². The Balaban J connectivity index is 1.18. The zero-order chi connectivity index (χ0) is 18.1. The summed E-state index contributed by atoms with van der Waals surface area (Å²) in [6.07, 6.45) is 17.0. The molecular weight excluding hydrogens is 334 g/mol. The first kappa shape index (κ1) is 17.1. The number of hydrogen-bond acceptors (Lipinski definition) is 5. The third kappa shape index (κ3) is 3.45. The molecule has 2 aromatic heterocycles. The van der Waals surface area contributed by atoms with Crippen LogP contribution >= 0.6 is 0 Å². The van der Waals surface area contributed by atoms with Crippen molar-refractivity contribution in [3.05, 3.63) is 37.1 Å². The summed E-state index contributed by atoms with van der Waals surface area (Å²) in [5.41, 5.74) is 2.70. The number of rotatable bonds is 3. The molecule has 5 nitrogen and oxygen atoms in total. The first-order valence-electron chi connectivity index (χ1n) is 10.5. The molecule has 0 aromatic carbocycles. The molecule has 2 saturated heterocycles. The molecule has 2 aromatic rings. The smallest absolute Gasteiger partial charge is 0.128 e. The molecule has 5 heteroatoms. The number of anilines is 1. The van der Waals surface area contributed by atoms with Gasteiger partial charge in [-0.25, -0.2) is 15.0 Å². The van der Waals surface area contributed by atoms with E-state index < -0.39 is 0 Å². The van der Waals surface area contributed by atoms with Crippen molar-refractivity contribution in [2.45, 2.75) is 51.0 Å². The number of aromatic nitrogens is 3. The largest absolute Gasteiger partial charge is 0.357 e. The molecule has 4 heterocycles. The molecule has 0 N–H and O–H groups in total. The van der Waals surface area contributed by atoms with Gasteiger partial charge < -0.3 is 9.80 Å². The monoisotopic (exact) mass is 363 g/mol. The van der Waals surface area contributed by atoms with Crippen LogP contribution in [0.25, 0.3) is 11.1 Å². The summed E-state index contributed by atoms with van der Waals surface area (Å²) in [6.45, 7) is 4.95. The average molecular weight is 364 g/mol. The van der Waals surface area contributed by atoms with Crippen molar-refractivity contribution < 1.29 is 0 Å². The van der Waals surface area contributed by atoms with Gasteiger partial charge >= 0.3 is 0 Å². The molecule has 0 radical (unpaired) electrons. The predicted molar refractivity (Wildman–Crippen MR) is 108 cm³/mol. The van der Waals surface area contributed by atoms with Crippen molar-refractivity contribution in [3.63, 3.8) is 0 Å². The van der Waals surface area contributed by atoms with E-state index in [9.17, 15) is 0 Å². The van der Waals surface area contributed by atoms with E-state index in [0.29, 0.717) is 5.41 Å². The van der Waals surface area contributed by atoms with Crippen molar-refractivity contribution in [2.24, 2.45) is 5.41 Å². The molecule has 142 valence electrons. The quantitative estimate of drug-likeness (QED) is 0.830. The highest BCUT2D eigenvalue weighted by molar-refractivity contribution is 5.61. The summed E-state index contributed by atoms with van der Waals surface area (Å²) in [6, 6.07) is 5.21. The summed E-state index contributed by atoms with van der Waals surface area (Å²) in [5, 5.41) is 0. The van der Waals surface area contributed by atoms with Gasteiger partial charge in [-0.1, -0.05) is 6.42 Å². The van der Waals surface area contributed by atoms with E-state index in [1.54, 1.807) is 6.33 Å². The van der Waals surface area contributed by atoms with Crippen LogP contribution in [0.4, 0.5) is 5.82 Å². The van der Waals surface area contributed by atoms with E-state index in [0.717, 1.165) is 36.1 Å². The molecule has 0 atom stereocenters. The molecule has 0 unspecified atom stereocenters. The van der Waals surface area contributed by atoms with Crippen LogP contribution in [-0.4, -0.2) is 52.1 Å². The van der Waals surface area contributed by atoms with Crippen molar-refractivity contribution in [3.8, 4) is 11.1 Å². The molecule has 3 aliphatic rings. The molecular formula is C22H29N5. The maximum absolute atomic E-state index is 4.73. The highest BCUT2D eigenvalue weighted by Gasteiger charge is 2.39. The Hall–Kier alpha value is -2.01. The van der Waals surface area contributed by atoms with Gasteiger partial charge in [-0.05, 0) is 69.2 Å². The van der Waals surface area contributed by atoms with Crippen LogP contribution in [0.1, 0.15) is 44.9 Å². The molecule has 5 rings (SSSR count). The SMILES string of the molecule is c1ncc(-c2ccc(N3CCC4(CC3)CCN(C3CCC3)CC4)nc2)cn1. The van der Waals surface area contributed by atoms with Crippen molar-refractivity contribution >= 4 is 5.82 Å². The highest BCUT2D eigenvalue weighted by atomic mass is 15.2. The van der Waals surface area contributed by atoms with Crippen LogP contribution in [0.3, 0.4) is 0 Å². The maximum atomic E-state index is 4.73. The van der Waals surface area contributed by atoms with Crippen LogP contribution in [0.2, 0.25) is 0 Å². The normalized spacial score (nSPS) is 23.3. The molecule has 27 heavy (non-hydrogen) atoms. The van der Waals surface area contributed by atoms with Crippen molar-refractivity contribution in [2.75, 3.05) is 31.1 Å². The van der Waals surface area contributed by atoms with E-state index in [1.807, 2.05) is 18.6 Å². The number of piperidine rings is 2. The Morgan fingerprint density at radius 1 is 0.815 bits per heavy atom. The van der Waals surface area contributed by atoms with Crippen LogP contribution < -0.4 is 4.90 Å². The maximum Gasteiger partial charge on any atom is 0.128 e. The zero-order valence-corrected chi connectivity index (χ0v) is 16.1. The number of pyridine rings is 1. The predicted octanol–water partition coefficient (Wildman–Crippen LogP) is 3.77. The van der Waals surface area contributed by atoms with Gasteiger partial charge in [0.05, 0.1) is 0 Å². The van der Waals surface area contributed by atoms with Crippen LogP contribution in [0.15, 0.2) is 37.1 Å². The number of hydrogen-bond donors (Lipinski definition) is 0. The highest BCUT2D eigenvalue weighted by Crippen LogP contribution is 2.43. The minimum Gasteiger partial charge on any atom is -0.357 e. The summed E-state index contributed by atoms with van der Waals surface area (Å²) < 4.78 is 0. The molecule has 0 amide bonds. The topological polar surface area (TPSA) is 45.2 Å². The Morgan fingerprint density at radius 3 is 2.11 bits per heavy atom. The minimum absolute atomic E-state index is 0.595. The summed E-state index contributed by atoms with van der Waals surface area (Å²) in [7, 11) is 0. The second-order valence-corrected chi connectivity index (χ2v) is 8.64. The van der Waals surface area contributed by atoms with Gasteiger partial charge in [0.2, 0.25) is 0 Å². The van der Waals surface area contributed by atoms with Gasteiger partial charge in [0.25, 0.3) is 0 Å². The Labute approximate surface area is 161 Å². The first-order chi connectivity index (χ1) is 13.3. The second-order valence-electron chi connectivity index (χ2n) is 8.64. The van der Waals surface area contributed by atoms with Crippen LogP contribution in [0.5, 0.6) is 0 Å². The molecule has 0 bridgehead atoms. The molecule has 1 spiro atoms. The van der Waals surface area contributed by atoms with Gasteiger partial charge in [0, 0.05) is 48.8 Å². The lowest BCUT2D eigenvalue weighted by Crippen LogP contribution is -2.51. The van der Waals surface area contributed by atoms with Gasteiger partial charge in [-0.15, -0.1) is 0 Å². The fourth-order valence-electron chi connectivity index (χ4n) is 5.02. The molecule has 3 fully saturated rings. The van der Waals surface area contributed by atoms with Crippen LogP contribution in [0, 0.1) is 5.41 Å². The molecule has 1 saturated carbocycles. The minimum atomic E-state index is 0.595. The third-order valence-corrected chi connectivity index (χ3v) is 7.24. The van der Waals surface area contributed by atoms with Gasteiger partial charge in [-0.2, -0.15) is 0 Å². The van der Waals surface area contributed by atoms with Gasteiger partial charge in [0.15, 0.2) is 0 Å². The zero-order valence-electron chi connectivity index (χ0n) is 16.1. The van der Waals surface area contributed by atoms with E-state index >= 15 is 0 Å². The summed E-state index contributed by atoms with van der Waals surface area (Å²) in [4.78, 5) is 18.2. The van der Waals surface area contributed by atoms with E-state index in [4.69, 9.17) is 4.98 Å². The average Bonchev–Trinajstić information content (AvgIpc) is 2.70. The fraction of sp³-hybridized carbons (Fsp3) is 0.591. The summed E-state index contributed by atoms with van der Waals surface area (Å²) in [5.74, 6) is 1.11. The van der Waals surface area contributed by atoms with Crippen molar-refractivity contribution in [1.29, 1.82) is 0 Å². The fourth-order valence-corrected chi connectivity index (χ4v) is 5.02. The van der Waals surface area contributed by atoms with E-state index in [1.165, 1.54) is 58.0 Å². The standard InChI is InChI=1S/C22H29N5/c1-2-20(3-1)26-10-6-22(7-11-26)8-12-27(13-9-22)21-5-4-18(16-25-21)19-14-23-17-24-15-19/h4-5,14-17,20H,1-3,6-13H2. The Kier molecular flexibility index (Phi) is 4.56. The molecule has 1 aliphatic carbocycles. The number of nitrogens with zero attached hydrogens (tertiary/aromatic N) is 5. The lowest BCUT2D eigenvalue weighted by molar-refractivity contribution is 0.0305. The number of likely N-dealkylation sites (tertiary alicyclic amines) is 1.